The number of anilines is 9. The van der Waals surface area contributed by atoms with Gasteiger partial charge in [-0.2, -0.15) is 26.3 Å². The number of nitrogens with two attached hydrogens (primary N) is 8. The number of nitrogens with one attached hydrogen (secondary N) is 1. The van der Waals surface area contributed by atoms with Gasteiger partial charge in [-0.1, -0.05) is 36.4 Å². The molecule has 10 aromatic carbocycles. The predicted molar refractivity (Wildman–Crippen MR) is 335 cm³/mol. The highest BCUT2D eigenvalue weighted by Crippen LogP contribution is 2.56. The third kappa shape index (κ3) is 16.3. The minimum atomic E-state index is -5.72. The van der Waals surface area contributed by atoms with Crippen molar-refractivity contribution in [2.24, 2.45) is 0 Å². The second-order valence-electron chi connectivity index (χ2n) is 19.6. The Balaban J connectivity index is 0.000000181. The minimum absolute atomic E-state index is 0.0546. The number of rotatable bonds is 11. The molecule has 1 amide bonds. The van der Waals surface area contributed by atoms with Crippen molar-refractivity contribution < 1.29 is 49.0 Å². The van der Waals surface area contributed by atoms with Crippen molar-refractivity contribution in [2.75, 3.05) is 51.2 Å². The molecule has 17 N–H and O–H groups in total. The molecule has 14 nitrogen and oxygen atoms in total. The molecule has 0 bridgehead atoms. The molecule has 10 rings (SSSR count). The van der Waals surface area contributed by atoms with E-state index in [1.807, 2.05) is 24.3 Å². The zero-order valence-corrected chi connectivity index (χ0v) is 47.6. The lowest BCUT2D eigenvalue weighted by atomic mass is 9.73. The van der Waals surface area contributed by atoms with Gasteiger partial charge in [0.15, 0.2) is 0 Å². The first-order valence-corrected chi connectivity index (χ1v) is 27.7. The lowest BCUT2D eigenvalue weighted by Crippen LogP contribution is -2.54. The van der Waals surface area contributed by atoms with Gasteiger partial charge in [0.2, 0.25) is 15.3 Å². The Bertz CT molecular complexity index is 3820. The van der Waals surface area contributed by atoms with E-state index in [-0.39, 0.29) is 27.2 Å². The van der Waals surface area contributed by atoms with Crippen molar-refractivity contribution in [3.63, 3.8) is 0 Å². The number of amides is 1. The minimum Gasteiger partial charge on any atom is -0.457 e. The molecule has 0 aromatic heterocycles. The fourth-order valence-corrected chi connectivity index (χ4v) is 9.95. The summed E-state index contributed by atoms with van der Waals surface area (Å²) in [5.74, 6) is 0.570. The van der Waals surface area contributed by atoms with Crippen LogP contribution in [0.3, 0.4) is 0 Å². The van der Waals surface area contributed by atoms with E-state index in [9.17, 15) is 39.6 Å². The smallest absolute Gasteiger partial charge is 0.411 e. The van der Waals surface area contributed by atoms with Crippen molar-refractivity contribution in [1.29, 1.82) is 0 Å². The summed E-state index contributed by atoms with van der Waals surface area (Å²) in [6, 6.07) is 57.4. The highest BCUT2D eigenvalue weighted by molar-refractivity contribution is 7.91. The number of alkyl halides is 6. The second kappa shape index (κ2) is 27.3. The Kier molecular flexibility index (Phi) is 20.0. The summed E-state index contributed by atoms with van der Waals surface area (Å²) in [7, 11) is -3.48. The topological polar surface area (TPSA) is 290 Å². The second-order valence-corrected chi connectivity index (χ2v) is 21.6. The maximum Gasteiger partial charge on any atom is 0.411 e. The van der Waals surface area contributed by atoms with Gasteiger partial charge in [0.1, 0.15) is 23.0 Å². The van der Waals surface area contributed by atoms with E-state index in [1.54, 1.807) is 97.1 Å². The van der Waals surface area contributed by atoms with E-state index < -0.39 is 38.7 Å². The van der Waals surface area contributed by atoms with E-state index in [2.05, 4.69) is 31.3 Å². The Morgan fingerprint density at radius 3 is 0.931 bits per heavy atom. The normalized spacial score (nSPS) is 11.3. The fourth-order valence-electron chi connectivity index (χ4n) is 8.68. The molecule has 0 aliphatic rings. The number of carbonyl (C=O) groups excluding carboxylic acids is 1. The van der Waals surface area contributed by atoms with Gasteiger partial charge in [0.25, 0.3) is 5.91 Å². The van der Waals surface area contributed by atoms with Gasteiger partial charge < -0.3 is 60.7 Å². The summed E-state index contributed by atoms with van der Waals surface area (Å²) in [6.45, 7) is 4.14. The van der Waals surface area contributed by atoms with Gasteiger partial charge in [0.05, 0.1) is 9.79 Å². The average molecular weight is 1210 g/mol. The van der Waals surface area contributed by atoms with Crippen LogP contribution in [0.2, 0.25) is 0 Å². The Morgan fingerprint density at radius 1 is 0.368 bits per heavy atom. The van der Waals surface area contributed by atoms with Crippen LogP contribution >= 0.6 is 0 Å². The molecule has 0 fully saturated rings. The van der Waals surface area contributed by atoms with Crippen LogP contribution in [0.5, 0.6) is 23.0 Å². The summed E-state index contributed by atoms with van der Waals surface area (Å²) in [5.41, 5.74) is 49.5. The number of carbonyl (C=O) groups is 1. The Labute approximate surface area is 498 Å². The monoisotopic (exact) mass is 1210 g/mol. The lowest BCUT2D eigenvalue weighted by molar-refractivity contribution is -0.288. The molecule has 0 saturated carbocycles. The summed E-state index contributed by atoms with van der Waals surface area (Å²) < 4.78 is 122. The van der Waals surface area contributed by atoms with Crippen molar-refractivity contribution in [3.8, 4) is 34.1 Å². The number of benzene rings is 10. The molecular weight excluding hydrogens is 1140 g/mol. The molecule has 0 atom stereocenters. The number of aryl methyl sites for hydroxylation is 2. The van der Waals surface area contributed by atoms with Crippen LogP contribution in [0, 0.1) is 13.8 Å². The number of ether oxygens (including phenoxy) is 2. The van der Waals surface area contributed by atoms with Crippen LogP contribution in [-0.2, 0) is 15.3 Å². The molecule has 87 heavy (non-hydrogen) atoms. The molecule has 0 aliphatic heterocycles. The van der Waals surface area contributed by atoms with Crippen LogP contribution < -0.4 is 60.7 Å². The van der Waals surface area contributed by atoms with Crippen LogP contribution in [0.25, 0.3) is 11.1 Å². The first-order chi connectivity index (χ1) is 41.1. The number of hydrogen-bond acceptors (Lipinski definition) is 13. The number of sulfone groups is 1. The van der Waals surface area contributed by atoms with Gasteiger partial charge in [0, 0.05) is 56.7 Å². The molecule has 0 aliphatic carbocycles. The summed E-state index contributed by atoms with van der Waals surface area (Å²) >= 11 is 0. The van der Waals surface area contributed by atoms with Gasteiger partial charge in [-0.25, -0.2) is 8.42 Å². The third-order valence-electron chi connectivity index (χ3n) is 13.2. The van der Waals surface area contributed by atoms with Crippen LogP contribution in [-0.4, -0.2) is 26.7 Å². The van der Waals surface area contributed by atoms with Gasteiger partial charge >= 0.3 is 12.4 Å². The van der Waals surface area contributed by atoms with Crippen molar-refractivity contribution >= 4 is 66.9 Å². The van der Waals surface area contributed by atoms with Crippen LogP contribution in [0.15, 0.2) is 240 Å². The maximum atomic E-state index is 14.4. The molecule has 448 valence electrons. The van der Waals surface area contributed by atoms with Crippen molar-refractivity contribution in [3.05, 3.63) is 258 Å². The SMILES string of the molecule is Cc1cc(N)ccc1-c1ccc(N)cc1C.Nc1ccc(NC(=O)c2ccc(N)cc2)cc1.Nc1ccc(Oc2ccc(C(c3ccc(Oc4ccc(N)cc4)cc3)(C(F)(F)F)C(F)(F)F)cc2)cc1.Nc1ccc(S(=O)(=O)c2ccc(N)cc2)cc1. The maximum absolute atomic E-state index is 14.4. The largest absolute Gasteiger partial charge is 0.457 e. The molecule has 0 spiro atoms. The zero-order valence-electron chi connectivity index (χ0n) is 46.8. The van der Waals surface area contributed by atoms with Crippen LogP contribution in [0.4, 0.5) is 77.5 Å². The molecule has 0 heterocycles. The molecule has 10 aromatic rings. The standard InChI is InChI=1S/C27H20F6N2O2.C14H16N2.C13H13N3O.C12H12N2O2S/c28-26(29,30)25(27(31,32)33,17-1-9-21(10-2-17)36-23-13-5-19(34)6-14-23)18-3-11-22(12-4-18)37-24-15-7-20(35)8-16-24;1-9-7-11(15)3-5-13(9)14-6-4-12(16)8-10(14)2;14-10-3-1-9(2-4-10)13(17)16-12-7-5-11(15)6-8-12;13-9-1-5-11(6-2-9)17(15,16)12-7-3-10(14)4-8-12/h1-16H,34-35H2;3-8H,15-16H2,1-2H3;1-8H,14-15H2,(H,16,17);1-8H,13-14H2. The Hall–Kier alpha value is -10.8. The van der Waals surface area contributed by atoms with Crippen LogP contribution in [0.1, 0.15) is 32.6 Å². The van der Waals surface area contributed by atoms with Crippen molar-refractivity contribution in [2.45, 2.75) is 41.4 Å². The zero-order chi connectivity index (χ0) is 63.3. The van der Waals surface area contributed by atoms with E-state index >= 15 is 0 Å². The summed E-state index contributed by atoms with van der Waals surface area (Å²) in [5, 5.41) is 2.77. The highest BCUT2D eigenvalue weighted by Gasteiger charge is 2.72. The summed E-state index contributed by atoms with van der Waals surface area (Å²) in [4.78, 5) is 12.3. The first kappa shape index (κ1) is 63.8. The number of hydrogen-bond donors (Lipinski definition) is 9. The lowest BCUT2D eigenvalue weighted by Gasteiger charge is -2.38. The van der Waals surface area contributed by atoms with E-state index in [0.717, 1.165) is 59.9 Å². The predicted octanol–water partition coefficient (Wildman–Crippen LogP) is 14.8. The Morgan fingerprint density at radius 2 is 0.632 bits per heavy atom. The summed E-state index contributed by atoms with van der Waals surface area (Å²) in [6.07, 6.45) is -11.4. The third-order valence-corrected chi connectivity index (χ3v) is 15.0. The van der Waals surface area contributed by atoms with E-state index in [4.69, 9.17) is 55.3 Å². The van der Waals surface area contributed by atoms with E-state index in [0.29, 0.717) is 56.9 Å². The molecule has 21 heteroatoms. The average Bonchev–Trinajstić information content (AvgIpc) is 0.909. The van der Waals surface area contributed by atoms with Crippen molar-refractivity contribution in [1.82, 2.24) is 0 Å². The van der Waals surface area contributed by atoms with E-state index in [1.165, 1.54) is 70.8 Å². The molecular formula is C66H61F6N9O5S. The fraction of sp³-hybridized carbons (Fsp3) is 0.0758. The highest BCUT2D eigenvalue weighted by atomic mass is 32.2. The van der Waals surface area contributed by atoms with Gasteiger partial charge in [-0.05, 0) is 241 Å². The molecule has 0 unspecified atom stereocenters. The number of nitrogen functional groups attached to an aromatic ring is 8. The molecule has 0 radical (unpaired) electrons. The number of halogens is 6. The quantitative estimate of drug-likeness (QED) is 0.0431. The van der Waals surface area contributed by atoms with Gasteiger partial charge in [-0.3, -0.25) is 4.79 Å². The first-order valence-electron chi connectivity index (χ1n) is 26.3. The molecule has 0 saturated heterocycles. The van der Waals surface area contributed by atoms with Gasteiger partial charge in [-0.15, -0.1) is 0 Å².